The van der Waals surface area contributed by atoms with Gasteiger partial charge in [-0.25, -0.2) is 4.98 Å². The van der Waals surface area contributed by atoms with Crippen molar-refractivity contribution in [2.75, 3.05) is 0 Å². The first-order chi connectivity index (χ1) is 7.82. The molecule has 6 nitrogen and oxygen atoms in total. The lowest BCUT2D eigenvalue weighted by Gasteiger charge is -2.24. The molecule has 0 aliphatic heterocycles. The maximum atomic E-state index is 11.7. The number of pyridine rings is 1. The minimum absolute atomic E-state index is 0.119. The fourth-order valence-electron chi connectivity index (χ4n) is 1.36. The van der Waals surface area contributed by atoms with Crippen molar-refractivity contribution in [3.05, 3.63) is 24.0 Å². The molecule has 0 bridgehead atoms. The smallest absolute Gasteiger partial charge is 0.305 e. The lowest BCUT2D eigenvalue weighted by Crippen LogP contribution is -2.45. The lowest BCUT2D eigenvalue weighted by molar-refractivity contribution is -0.138. The predicted molar refractivity (Wildman–Crippen MR) is 59.7 cm³/mol. The zero-order valence-corrected chi connectivity index (χ0v) is 9.60. The second kappa shape index (κ2) is 4.82. The Hall–Kier alpha value is -2.11. The predicted octanol–water partition coefficient (Wildman–Crippen LogP) is 0.770. The summed E-state index contributed by atoms with van der Waals surface area (Å²) in [6.45, 7) is 3.16. The van der Waals surface area contributed by atoms with Crippen LogP contribution in [-0.2, 0) is 4.79 Å². The summed E-state index contributed by atoms with van der Waals surface area (Å²) in [4.78, 5) is 26.1. The molecule has 92 valence electrons. The molecular formula is C11H14N2O4. The normalized spacial score (nSPS) is 10.9. The highest BCUT2D eigenvalue weighted by Gasteiger charge is 2.25. The number of nitrogens with one attached hydrogen (secondary N) is 1. The van der Waals surface area contributed by atoms with Crippen molar-refractivity contribution in [3.63, 3.8) is 0 Å². The van der Waals surface area contributed by atoms with E-state index in [1.165, 1.54) is 18.3 Å². The highest BCUT2D eigenvalue weighted by atomic mass is 16.4. The summed E-state index contributed by atoms with van der Waals surface area (Å²) in [5.74, 6) is -1.86. The third kappa shape index (κ3) is 3.75. The van der Waals surface area contributed by atoms with Crippen molar-refractivity contribution < 1.29 is 19.8 Å². The molecule has 1 aromatic rings. The molecule has 3 N–H and O–H groups in total. The molecule has 0 saturated heterocycles. The number of carboxylic acids is 1. The molecule has 0 unspecified atom stereocenters. The van der Waals surface area contributed by atoms with Crippen molar-refractivity contribution in [1.29, 1.82) is 0 Å². The second-order valence-electron chi connectivity index (χ2n) is 4.28. The number of hydrogen-bond acceptors (Lipinski definition) is 4. The summed E-state index contributed by atoms with van der Waals surface area (Å²) < 4.78 is 0. The zero-order chi connectivity index (χ0) is 13.1. The molecule has 0 atom stereocenters. The van der Waals surface area contributed by atoms with Crippen molar-refractivity contribution in [1.82, 2.24) is 10.3 Å². The van der Waals surface area contributed by atoms with Crippen LogP contribution in [0.3, 0.4) is 0 Å². The van der Waals surface area contributed by atoms with Crippen LogP contribution >= 0.6 is 0 Å². The number of amides is 1. The fraction of sp³-hybridized carbons (Fsp3) is 0.364. The second-order valence-corrected chi connectivity index (χ2v) is 4.28. The average Bonchev–Trinajstić information content (AvgIpc) is 2.14. The van der Waals surface area contributed by atoms with Crippen LogP contribution in [0.15, 0.2) is 18.3 Å². The van der Waals surface area contributed by atoms with Gasteiger partial charge in [-0.15, -0.1) is 0 Å². The molecule has 1 aromatic heterocycles. The number of carbonyl (C=O) groups is 2. The largest absolute Gasteiger partial charge is 0.505 e. The Balaban J connectivity index is 2.79. The quantitative estimate of drug-likeness (QED) is 0.719. The number of aromatic nitrogens is 1. The van der Waals surface area contributed by atoms with Gasteiger partial charge in [-0.1, -0.05) is 0 Å². The first kappa shape index (κ1) is 13.0. The van der Waals surface area contributed by atoms with Gasteiger partial charge in [0, 0.05) is 11.7 Å². The Labute approximate surface area is 98.3 Å². The molecule has 0 radical (unpaired) electrons. The van der Waals surface area contributed by atoms with Crippen LogP contribution in [0.5, 0.6) is 5.75 Å². The number of rotatable bonds is 4. The summed E-state index contributed by atoms with van der Waals surface area (Å²) in [6, 6.07) is 2.83. The number of nitrogens with zero attached hydrogens (tertiary/aromatic N) is 1. The Morgan fingerprint density at radius 2 is 2.12 bits per heavy atom. The third-order valence-corrected chi connectivity index (χ3v) is 2.05. The molecule has 0 fully saturated rings. The molecule has 0 aromatic carbocycles. The number of carboxylic acid groups (broad SMARTS) is 1. The summed E-state index contributed by atoms with van der Waals surface area (Å²) in [5.41, 5.74) is -1.03. The molecule has 0 spiro atoms. The van der Waals surface area contributed by atoms with Crippen LogP contribution in [0.2, 0.25) is 0 Å². The molecule has 1 heterocycles. The van der Waals surface area contributed by atoms with Gasteiger partial charge in [0.1, 0.15) is 5.75 Å². The summed E-state index contributed by atoms with van der Waals surface area (Å²) in [6.07, 6.45) is 1.16. The third-order valence-electron chi connectivity index (χ3n) is 2.05. The SMILES string of the molecule is CC(C)(CC(=O)O)NC(=O)c1ncccc1O. The first-order valence-electron chi connectivity index (χ1n) is 5.00. The average molecular weight is 238 g/mol. The van der Waals surface area contributed by atoms with E-state index < -0.39 is 17.4 Å². The Morgan fingerprint density at radius 3 is 2.65 bits per heavy atom. The molecule has 1 rings (SSSR count). The monoisotopic (exact) mass is 238 g/mol. The molecule has 0 aliphatic rings. The Morgan fingerprint density at radius 1 is 1.47 bits per heavy atom. The topological polar surface area (TPSA) is 99.5 Å². The number of aromatic hydroxyl groups is 1. The van der Waals surface area contributed by atoms with E-state index in [0.717, 1.165) is 0 Å². The van der Waals surface area contributed by atoms with Crippen LogP contribution in [0.1, 0.15) is 30.8 Å². The number of aliphatic carboxylic acids is 1. The van der Waals surface area contributed by atoms with Gasteiger partial charge in [0.2, 0.25) is 0 Å². The van der Waals surface area contributed by atoms with Crippen molar-refractivity contribution in [3.8, 4) is 5.75 Å². The van der Waals surface area contributed by atoms with E-state index in [0.29, 0.717) is 0 Å². The minimum atomic E-state index is -1.01. The lowest BCUT2D eigenvalue weighted by atomic mass is 10.0. The highest BCUT2D eigenvalue weighted by Crippen LogP contribution is 2.15. The van der Waals surface area contributed by atoms with Gasteiger partial charge in [-0.2, -0.15) is 0 Å². The fourth-order valence-corrected chi connectivity index (χ4v) is 1.36. The Kier molecular flexibility index (Phi) is 3.67. The highest BCUT2D eigenvalue weighted by molar-refractivity contribution is 5.95. The van der Waals surface area contributed by atoms with E-state index in [4.69, 9.17) is 5.11 Å². The van der Waals surface area contributed by atoms with Crippen molar-refractivity contribution >= 4 is 11.9 Å². The maximum Gasteiger partial charge on any atom is 0.305 e. The zero-order valence-electron chi connectivity index (χ0n) is 9.60. The van der Waals surface area contributed by atoms with Gasteiger partial charge in [-0.05, 0) is 26.0 Å². The Bertz CT molecular complexity index is 443. The van der Waals surface area contributed by atoms with E-state index in [2.05, 4.69) is 10.3 Å². The van der Waals surface area contributed by atoms with Gasteiger partial charge in [0.15, 0.2) is 5.69 Å². The van der Waals surface area contributed by atoms with Gasteiger partial charge < -0.3 is 15.5 Å². The maximum absolute atomic E-state index is 11.7. The standard InChI is InChI=1S/C11H14N2O4/c1-11(2,6-8(15)16)13-10(17)9-7(14)4-3-5-12-9/h3-5,14H,6H2,1-2H3,(H,13,17)(H,15,16). The van der Waals surface area contributed by atoms with Crippen molar-refractivity contribution in [2.45, 2.75) is 25.8 Å². The molecular weight excluding hydrogens is 224 g/mol. The van der Waals surface area contributed by atoms with Crippen LogP contribution in [0.4, 0.5) is 0 Å². The molecule has 17 heavy (non-hydrogen) atoms. The van der Waals surface area contributed by atoms with E-state index in [9.17, 15) is 14.7 Å². The van der Waals surface area contributed by atoms with Crippen molar-refractivity contribution in [2.24, 2.45) is 0 Å². The molecule has 1 amide bonds. The molecule has 0 aliphatic carbocycles. The van der Waals surface area contributed by atoms with Crippen LogP contribution in [0.25, 0.3) is 0 Å². The van der Waals surface area contributed by atoms with Gasteiger partial charge in [0.05, 0.1) is 6.42 Å². The summed E-state index contributed by atoms with van der Waals surface area (Å²) in [5, 5.41) is 20.6. The first-order valence-corrected chi connectivity index (χ1v) is 5.00. The molecule has 0 saturated carbocycles. The van der Waals surface area contributed by atoms with E-state index >= 15 is 0 Å². The van der Waals surface area contributed by atoms with Crippen LogP contribution in [0, 0.1) is 0 Å². The van der Waals surface area contributed by atoms with Gasteiger partial charge >= 0.3 is 5.97 Å². The number of carbonyl (C=O) groups excluding carboxylic acids is 1. The molecule has 6 heteroatoms. The number of hydrogen-bond donors (Lipinski definition) is 3. The van der Waals surface area contributed by atoms with Crippen LogP contribution in [-0.4, -0.2) is 32.6 Å². The van der Waals surface area contributed by atoms with Gasteiger partial charge in [0.25, 0.3) is 5.91 Å². The summed E-state index contributed by atoms with van der Waals surface area (Å²) >= 11 is 0. The minimum Gasteiger partial charge on any atom is -0.505 e. The van der Waals surface area contributed by atoms with E-state index in [1.54, 1.807) is 13.8 Å². The summed E-state index contributed by atoms with van der Waals surface area (Å²) in [7, 11) is 0. The van der Waals surface area contributed by atoms with Crippen LogP contribution < -0.4 is 5.32 Å². The van der Waals surface area contributed by atoms with Gasteiger partial charge in [-0.3, -0.25) is 9.59 Å². The van der Waals surface area contributed by atoms with E-state index in [-0.39, 0.29) is 17.9 Å². The van der Waals surface area contributed by atoms with E-state index in [1.807, 2.05) is 0 Å².